The molecule has 0 amide bonds. The Labute approximate surface area is 151 Å². The van der Waals surface area contributed by atoms with Gasteiger partial charge in [-0.3, -0.25) is 4.90 Å². The Morgan fingerprint density at radius 1 is 1.36 bits per heavy atom. The molecule has 0 radical (unpaired) electrons. The quantitative estimate of drug-likeness (QED) is 0.790. The topological polar surface area (TPSA) is 72.4 Å². The van der Waals surface area contributed by atoms with Crippen LogP contribution in [0.25, 0.3) is 0 Å². The number of thiazole rings is 1. The molecule has 2 aliphatic rings. The summed E-state index contributed by atoms with van der Waals surface area (Å²) in [4.78, 5) is 11.8. The molecule has 2 fully saturated rings. The molecule has 1 spiro atoms. The largest absolute Gasteiger partial charge is 0.477 e. The molecule has 2 saturated heterocycles. The zero-order valence-electron chi connectivity index (χ0n) is 14.1. The van der Waals surface area contributed by atoms with Crippen LogP contribution in [0.4, 0.5) is 0 Å². The van der Waals surface area contributed by atoms with E-state index in [2.05, 4.69) is 14.9 Å². The first-order valence-electron chi connectivity index (χ1n) is 8.38. The van der Waals surface area contributed by atoms with Crippen LogP contribution in [0.1, 0.15) is 17.0 Å². The van der Waals surface area contributed by atoms with Crippen molar-refractivity contribution in [2.45, 2.75) is 24.6 Å². The van der Waals surface area contributed by atoms with Crippen LogP contribution in [-0.2, 0) is 16.4 Å². The molecule has 8 heteroatoms. The first kappa shape index (κ1) is 16.9. The average Bonchev–Trinajstić information content (AvgIpc) is 3.08. The normalized spacial score (nSPS) is 24.3. The number of hydrogen-bond acceptors (Lipinski definition) is 7. The van der Waals surface area contributed by atoms with Gasteiger partial charge in [0, 0.05) is 42.7 Å². The fraction of sp³-hybridized carbons (Fsp3) is 0.529. The summed E-state index contributed by atoms with van der Waals surface area (Å²) in [5.41, 5.74) is 2.88. The van der Waals surface area contributed by atoms with Crippen molar-refractivity contribution >= 4 is 21.2 Å². The van der Waals surface area contributed by atoms with E-state index in [9.17, 15) is 8.42 Å². The van der Waals surface area contributed by atoms with Crippen molar-refractivity contribution in [3.8, 4) is 5.88 Å². The fourth-order valence-electron chi connectivity index (χ4n) is 3.83. The summed E-state index contributed by atoms with van der Waals surface area (Å²) in [7, 11) is -3.08. The highest BCUT2D eigenvalue weighted by Gasteiger charge is 2.61. The predicted molar refractivity (Wildman–Crippen MR) is 96.5 cm³/mol. The van der Waals surface area contributed by atoms with E-state index in [0.717, 1.165) is 12.2 Å². The van der Waals surface area contributed by atoms with E-state index in [-0.39, 0.29) is 11.7 Å². The van der Waals surface area contributed by atoms with Gasteiger partial charge in [0.2, 0.25) is 5.88 Å². The lowest BCUT2D eigenvalue weighted by Gasteiger charge is -2.49. The Morgan fingerprint density at radius 3 is 2.88 bits per heavy atom. The molecule has 4 rings (SSSR count). The van der Waals surface area contributed by atoms with Crippen molar-refractivity contribution in [1.29, 1.82) is 0 Å². The van der Waals surface area contributed by atoms with Gasteiger partial charge in [0.05, 0.1) is 23.6 Å². The van der Waals surface area contributed by atoms with Gasteiger partial charge in [-0.15, -0.1) is 11.3 Å². The monoisotopic (exact) mass is 379 g/mol. The van der Waals surface area contributed by atoms with E-state index in [1.165, 1.54) is 4.88 Å². The molecular weight excluding hydrogens is 358 g/mol. The summed E-state index contributed by atoms with van der Waals surface area (Å²) in [5.74, 6) is 0.841. The molecule has 6 nitrogen and oxygen atoms in total. The van der Waals surface area contributed by atoms with E-state index in [1.807, 2.05) is 24.6 Å². The van der Waals surface area contributed by atoms with Crippen molar-refractivity contribution in [3.63, 3.8) is 0 Å². The molecule has 25 heavy (non-hydrogen) atoms. The van der Waals surface area contributed by atoms with Crippen LogP contribution in [-0.4, -0.2) is 53.5 Å². The van der Waals surface area contributed by atoms with E-state index >= 15 is 0 Å². The van der Waals surface area contributed by atoms with Crippen molar-refractivity contribution in [1.82, 2.24) is 14.9 Å². The standard InChI is InChI=1S/C17H21N3O3S2/c1-13-15(24-12-19-13)8-20-10-17(11-20)14(5-7-25(17,21)22)9-23-16-4-2-3-6-18-16/h2-4,6,12,14H,5,7-11H2,1H3/t14-/m1/s1. The van der Waals surface area contributed by atoms with Gasteiger partial charge < -0.3 is 4.74 Å². The minimum absolute atomic E-state index is 0.0262. The smallest absolute Gasteiger partial charge is 0.213 e. The molecule has 2 aromatic rings. The maximum Gasteiger partial charge on any atom is 0.213 e. The van der Waals surface area contributed by atoms with Gasteiger partial charge in [0.1, 0.15) is 4.75 Å². The van der Waals surface area contributed by atoms with Crippen LogP contribution in [0.3, 0.4) is 0 Å². The zero-order valence-corrected chi connectivity index (χ0v) is 15.7. The number of nitrogens with zero attached hydrogens (tertiary/aromatic N) is 3. The Hall–Kier alpha value is -1.51. The molecule has 0 saturated carbocycles. The third-order valence-electron chi connectivity index (χ3n) is 5.36. The third kappa shape index (κ3) is 2.96. The maximum atomic E-state index is 12.7. The van der Waals surface area contributed by atoms with Gasteiger partial charge >= 0.3 is 0 Å². The van der Waals surface area contributed by atoms with Crippen LogP contribution in [0.15, 0.2) is 29.9 Å². The molecule has 4 heterocycles. The summed E-state index contributed by atoms with van der Waals surface area (Å²) in [6.45, 7) is 4.36. The lowest BCUT2D eigenvalue weighted by molar-refractivity contribution is 0.0587. The second kappa shape index (κ2) is 6.34. The highest BCUT2D eigenvalue weighted by molar-refractivity contribution is 7.93. The highest BCUT2D eigenvalue weighted by Crippen LogP contribution is 2.45. The molecule has 0 aromatic carbocycles. The molecule has 2 aromatic heterocycles. The maximum absolute atomic E-state index is 12.7. The summed E-state index contributed by atoms with van der Waals surface area (Å²) in [6, 6.07) is 5.50. The summed E-state index contributed by atoms with van der Waals surface area (Å²) < 4.78 is 30.5. The molecule has 0 bridgehead atoms. The van der Waals surface area contributed by atoms with Crippen molar-refractivity contribution in [2.24, 2.45) is 5.92 Å². The van der Waals surface area contributed by atoms with Gasteiger partial charge in [-0.2, -0.15) is 0 Å². The van der Waals surface area contributed by atoms with Crippen molar-refractivity contribution in [2.75, 3.05) is 25.4 Å². The molecule has 1 atom stereocenters. The minimum Gasteiger partial charge on any atom is -0.477 e. The number of aromatic nitrogens is 2. The highest BCUT2D eigenvalue weighted by atomic mass is 32.2. The number of rotatable bonds is 5. The minimum atomic E-state index is -3.08. The van der Waals surface area contributed by atoms with Crippen LogP contribution in [0.2, 0.25) is 0 Å². The van der Waals surface area contributed by atoms with Crippen molar-refractivity contribution < 1.29 is 13.2 Å². The number of likely N-dealkylation sites (tertiary alicyclic amines) is 1. The number of pyridine rings is 1. The van der Waals surface area contributed by atoms with Gasteiger partial charge in [0.25, 0.3) is 0 Å². The van der Waals surface area contributed by atoms with Crippen LogP contribution >= 0.6 is 11.3 Å². The lowest BCUT2D eigenvalue weighted by Crippen LogP contribution is -2.67. The van der Waals surface area contributed by atoms with Crippen LogP contribution in [0, 0.1) is 12.8 Å². The Bertz CT molecular complexity index is 845. The zero-order chi connectivity index (χ0) is 17.5. The first-order chi connectivity index (χ1) is 12.0. The second-order valence-electron chi connectivity index (χ2n) is 6.85. The molecule has 0 aliphatic carbocycles. The Morgan fingerprint density at radius 2 is 2.20 bits per heavy atom. The van der Waals surface area contributed by atoms with Crippen molar-refractivity contribution in [3.05, 3.63) is 40.5 Å². The van der Waals surface area contributed by atoms with E-state index in [0.29, 0.717) is 32.0 Å². The van der Waals surface area contributed by atoms with Gasteiger partial charge in [-0.25, -0.2) is 18.4 Å². The molecular formula is C17H21N3O3S2. The van der Waals surface area contributed by atoms with Gasteiger partial charge in [-0.05, 0) is 19.4 Å². The average molecular weight is 380 g/mol. The first-order valence-corrected chi connectivity index (χ1v) is 10.9. The molecule has 134 valence electrons. The van der Waals surface area contributed by atoms with E-state index < -0.39 is 14.6 Å². The number of hydrogen-bond donors (Lipinski definition) is 0. The predicted octanol–water partition coefficient (Wildman–Crippen LogP) is 1.91. The molecule has 2 aliphatic heterocycles. The fourth-order valence-corrected chi connectivity index (χ4v) is 7.10. The van der Waals surface area contributed by atoms with Crippen LogP contribution < -0.4 is 4.74 Å². The van der Waals surface area contributed by atoms with E-state index in [1.54, 1.807) is 23.6 Å². The summed E-state index contributed by atoms with van der Waals surface area (Å²) >= 11 is 1.63. The molecule has 0 unspecified atom stereocenters. The Kier molecular flexibility index (Phi) is 4.29. The number of ether oxygens (including phenoxy) is 1. The second-order valence-corrected chi connectivity index (χ2v) is 10.2. The third-order valence-corrected chi connectivity index (χ3v) is 8.89. The van der Waals surface area contributed by atoms with Crippen LogP contribution in [0.5, 0.6) is 5.88 Å². The van der Waals surface area contributed by atoms with Gasteiger partial charge in [0.15, 0.2) is 9.84 Å². The number of aryl methyl sites for hydroxylation is 1. The summed E-state index contributed by atoms with van der Waals surface area (Å²) in [6.07, 6.45) is 2.35. The lowest BCUT2D eigenvalue weighted by atomic mass is 9.83. The number of sulfone groups is 1. The SMILES string of the molecule is Cc1ncsc1CN1CC2(C1)[C@@H](COc1ccccn1)CCS2(=O)=O. The van der Waals surface area contributed by atoms with Gasteiger partial charge in [-0.1, -0.05) is 6.07 Å². The Balaban J connectivity index is 1.44. The van der Waals surface area contributed by atoms with E-state index in [4.69, 9.17) is 4.74 Å². The summed E-state index contributed by atoms with van der Waals surface area (Å²) in [5, 5.41) is 0. The molecule has 0 N–H and O–H groups in total.